The van der Waals surface area contributed by atoms with E-state index in [4.69, 9.17) is 9.52 Å². The summed E-state index contributed by atoms with van der Waals surface area (Å²) in [6.07, 6.45) is 1.35. The maximum Gasteiger partial charge on any atom is 0.313 e. The Kier molecular flexibility index (Phi) is 5.41. The molecule has 0 saturated carbocycles. The second-order valence-corrected chi connectivity index (χ2v) is 4.73. The minimum Gasteiger partial charge on any atom is -0.481 e. The van der Waals surface area contributed by atoms with Gasteiger partial charge in [-0.05, 0) is 15.9 Å². The molecule has 0 atom stereocenters. The number of hydrogen-bond donors (Lipinski definition) is 2. The van der Waals surface area contributed by atoms with Crippen molar-refractivity contribution in [2.24, 2.45) is 0 Å². The Bertz CT molecular complexity index is 379. The van der Waals surface area contributed by atoms with E-state index in [0.29, 0.717) is 22.5 Å². The van der Waals surface area contributed by atoms with E-state index in [1.807, 2.05) is 0 Å². The maximum atomic E-state index is 11.4. The van der Waals surface area contributed by atoms with Crippen LogP contribution in [0.4, 0.5) is 0 Å². The molecule has 0 spiro atoms. The van der Waals surface area contributed by atoms with E-state index >= 15 is 0 Å². The monoisotopic (exact) mass is 307 g/mol. The standard InChI is InChI=1S/C9H10BrNO4S/c10-7-3-6(4-15-7)9(14)11-1-2-16-5-8(12)13/h3-4H,1-2,5H2,(H,11,14)(H,12,13). The first-order valence-electron chi connectivity index (χ1n) is 4.41. The van der Waals surface area contributed by atoms with E-state index in [2.05, 4.69) is 21.2 Å². The van der Waals surface area contributed by atoms with Crippen molar-refractivity contribution in [1.29, 1.82) is 0 Å². The topological polar surface area (TPSA) is 79.5 Å². The van der Waals surface area contributed by atoms with Gasteiger partial charge in [0.25, 0.3) is 5.91 Å². The lowest BCUT2D eigenvalue weighted by atomic mass is 10.3. The number of nitrogens with one attached hydrogen (secondary N) is 1. The molecule has 1 aromatic rings. The Labute approximate surface area is 105 Å². The quantitative estimate of drug-likeness (QED) is 0.780. The molecule has 0 radical (unpaired) electrons. The molecule has 1 aromatic heterocycles. The van der Waals surface area contributed by atoms with Gasteiger partial charge in [-0.25, -0.2) is 0 Å². The smallest absolute Gasteiger partial charge is 0.313 e. The third-order valence-electron chi connectivity index (χ3n) is 1.59. The Morgan fingerprint density at radius 3 is 2.88 bits per heavy atom. The lowest BCUT2D eigenvalue weighted by molar-refractivity contribution is -0.133. The first-order valence-corrected chi connectivity index (χ1v) is 6.36. The van der Waals surface area contributed by atoms with Gasteiger partial charge >= 0.3 is 5.97 Å². The first-order chi connectivity index (χ1) is 7.59. The summed E-state index contributed by atoms with van der Waals surface area (Å²) < 4.78 is 5.42. The summed E-state index contributed by atoms with van der Waals surface area (Å²) in [6, 6.07) is 1.57. The molecule has 0 aliphatic rings. The van der Waals surface area contributed by atoms with Crippen molar-refractivity contribution >= 4 is 39.6 Å². The molecule has 0 aliphatic carbocycles. The average Bonchev–Trinajstić information content (AvgIpc) is 2.63. The van der Waals surface area contributed by atoms with E-state index < -0.39 is 5.97 Å². The van der Waals surface area contributed by atoms with Crippen molar-refractivity contribution in [3.8, 4) is 0 Å². The number of amides is 1. The summed E-state index contributed by atoms with van der Waals surface area (Å²) in [6.45, 7) is 0.430. The van der Waals surface area contributed by atoms with Crippen LogP contribution in [0, 0.1) is 0 Å². The summed E-state index contributed by atoms with van der Waals surface area (Å²) in [5, 5.41) is 11.0. The molecule has 2 N–H and O–H groups in total. The largest absolute Gasteiger partial charge is 0.481 e. The van der Waals surface area contributed by atoms with Crippen molar-refractivity contribution in [3.63, 3.8) is 0 Å². The Morgan fingerprint density at radius 1 is 1.56 bits per heavy atom. The van der Waals surface area contributed by atoms with Gasteiger partial charge in [0.2, 0.25) is 0 Å². The molecule has 1 amide bonds. The lowest BCUT2D eigenvalue weighted by Gasteiger charge is -2.01. The highest BCUT2D eigenvalue weighted by Gasteiger charge is 2.08. The molecule has 1 heterocycles. The van der Waals surface area contributed by atoms with E-state index in [1.165, 1.54) is 18.0 Å². The number of carbonyl (C=O) groups is 2. The molecule has 16 heavy (non-hydrogen) atoms. The fraction of sp³-hybridized carbons (Fsp3) is 0.333. The van der Waals surface area contributed by atoms with Crippen molar-refractivity contribution in [3.05, 3.63) is 22.6 Å². The normalized spacial score (nSPS) is 10.1. The molecular weight excluding hydrogens is 298 g/mol. The van der Waals surface area contributed by atoms with Crippen LogP contribution in [0.2, 0.25) is 0 Å². The summed E-state index contributed by atoms with van der Waals surface area (Å²) >= 11 is 4.35. The van der Waals surface area contributed by atoms with Crippen LogP contribution in [0.1, 0.15) is 10.4 Å². The summed E-state index contributed by atoms with van der Waals surface area (Å²) in [5.74, 6) is -0.468. The minimum atomic E-state index is -0.852. The van der Waals surface area contributed by atoms with Crippen LogP contribution < -0.4 is 5.32 Å². The fourth-order valence-electron chi connectivity index (χ4n) is 0.927. The van der Waals surface area contributed by atoms with Gasteiger partial charge in [0.05, 0.1) is 11.3 Å². The lowest BCUT2D eigenvalue weighted by Crippen LogP contribution is -2.25. The van der Waals surface area contributed by atoms with Crippen LogP contribution in [-0.4, -0.2) is 35.0 Å². The van der Waals surface area contributed by atoms with Crippen LogP contribution in [-0.2, 0) is 4.79 Å². The molecule has 0 aliphatic heterocycles. The predicted octanol–water partition coefficient (Wildman–Crippen LogP) is 1.59. The number of aliphatic carboxylic acids is 1. The zero-order valence-electron chi connectivity index (χ0n) is 8.23. The van der Waals surface area contributed by atoms with Gasteiger partial charge in [-0.15, -0.1) is 11.8 Å². The number of rotatable bonds is 6. The molecule has 88 valence electrons. The van der Waals surface area contributed by atoms with Crippen LogP contribution >= 0.6 is 27.7 Å². The number of furan rings is 1. The molecular formula is C9H10BrNO4S. The average molecular weight is 308 g/mol. The Balaban J connectivity index is 2.18. The van der Waals surface area contributed by atoms with Gasteiger partial charge < -0.3 is 14.8 Å². The van der Waals surface area contributed by atoms with Crippen molar-refractivity contribution in [2.45, 2.75) is 0 Å². The maximum absolute atomic E-state index is 11.4. The predicted molar refractivity (Wildman–Crippen MR) is 63.7 cm³/mol. The van der Waals surface area contributed by atoms with Gasteiger partial charge in [-0.1, -0.05) is 0 Å². The van der Waals surface area contributed by atoms with Crippen LogP contribution in [0.25, 0.3) is 0 Å². The number of hydrogen-bond acceptors (Lipinski definition) is 4. The molecule has 1 rings (SSSR count). The van der Waals surface area contributed by atoms with Gasteiger partial charge in [0.1, 0.15) is 6.26 Å². The molecule has 0 aromatic carbocycles. The highest BCUT2D eigenvalue weighted by molar-refractivity contribution is 9.10. The van der Waals surface area contributed by atoms with Gasteiger partial charge in [-0.3, -0.25) is 9.59 Å². The summed E-state index contributed by atoms with van der Waals surface area (Å²) in [4.78, 5) is 21.6. The van der Waals surface area contributed by atoms with Crippen LogP contribution in [0.15, 0.2) is 21.4 Å². The third kappa shape index (κ3) is 4.71. The van der Waals surface area contributed by atoms with Crippen molar-refractivity contribution < 1.29 is 19.1 Å². The highest BCUT2D eigenvalue weighted by Crippen LogP contribution is 2.13. The fourth-order valence-corrected chi connectivity index (χ4v) is 1.83. The number of carboxylic acid groups (broad SMARTS) is 1. The highest BCUT2D eigenvalue weighted by atomic mass is 79.9. The second-order valence-electron chi connectivity index (χ2n) is 2.84. The van der Waals surface area contributed by atoms with Gasteiger partial charge in [0, 0.05) is 18.4 Å². The number of thioether (sulfide) groups is 1. The Morgan fingerprint density at radius 2 is 2.31 bits per heavy atom. The van der Waals surface area contributed by atoms with E-state index in [1.54, 1.807) is 6.07 Å². The zero-order chi connectivity index (χ0) is 12.0. The SMILES string of the molecule is O=C(O)CSCCNC(=O)c1coc(Br)c1. The van der Waals surface area contributed by atoms with Gasteiger partial charge in [-0.2, -0.15) is 0 Å². The van der Waals surface area contributed by atoms with Gasteiger partial charge in [0.15, 0.2) is 4.67 Å². The Hall–Kier alpha value is -0.950. The van der Waals surface area contributed by atoms with Crippen LogP contribution in [0.3, 0.4) is 0 Å². The number of carbonyl (C=O) groups excluding carboxylic acids is 1. The number of carboxylic acids is 1. The minimum absolute atomic E-state index is 0.0487. The molecule has 5 nitrogen and oxygen atoms in total. The van der Waals surface area contributed by atoms with Crippen LogP contribution in [0.5, 0.6) is 0 Å². The van der Waals surface area contributed by atoms with Crippen molar-refractivity contribution in [2.75, 3.05) is 18.1 Å². The van der Waals surface area contributed by atoms with E-state index in [-0.39, 0.29) is 11.7 Å². The molecule has 0 fully saturated rings. The second kappa shape index (κ2) is 6.59. The molecule has 0 unspecified atom stereocenters. The van der Waals surface area contributed by atoms with Crippen molar-refractivity contribution in [1.82, 2.24) is 5.32 Å². The summed E-state index contributed by atoms with van der Waals surface area (Å²) in [7, 11) is 0. The number of halogens is 1. The van der Waals surface area contributed by atoms with E-state index in [9.17, 15) is 9.59 Å². The zero-order valence-corrected chi connectivity index (χ0v) is 10.6. The molecule has 0 bridgehead atoms. The molecule has 0 saturated heterocycles. The third-order valence-corrected chi connectivity index (χ3v) is 2.95. The summed E-state index contributed by atoms with van der Waals surface area (Å²) in [5.41, 5.74) is 0.440. The van der Waals surface area contributed by atoms with E-state index in [0.717, 1.165) is 0 Å². The first kappa shape index (κ1) is 13.1. The molecule has 7 heteroatoms.